The number of benzene rings is 3. The summed E-state index contributed by atoms with van der Waals surface area (Å²) in [5, 5.41) is 6.28. The molecular weight excluding hydrogens is 376 g/mol. The zero-order chi connectivity index (χ0) is 19.5. The number of fused-ring (bicyclic) bond motifs is 1. The molecular formula is C22H17ClN2O3. The average molecular weight is 393 g/mol. The third kappa shape index (κ3) is 4.00. The highest BCUT2D eigenvalue weighted by molar-refractivity contribution is 6.30. The number of amides is 2. The van der Waals surface area contributed by atoms with Crippen molar-refractivity contribution >= 4 is 34.8 Å². The SMILES string of the molecule is O=C(Nc1cccc(NC(=O)C2Cc3cc(Cl)ccc3O2)c1)c1ccccc1. The summed E-state index contributed by atoms with van der Waals surface area (Å²) in [5.74, 6) is 0.211. The van der Waals surface area contributed by atoms with Crippen molar-refractivity contribution < 1.29 is 14.3 Å². The summed E-state index contributed by atoms with van der Waals surface area (Å²) in [4.78, 5) is 24.8. The minimum atomic E-state index is -0.615. The van der Waals surface area contributed by atoms with E-state index in [0.717, 1.165) is 5.56 Å². The van der Waals surface area contributed by atoms with Gasteiger partial charge in [0.25, 0.3) is 11.8 Å². The van der Waals surface area contributed by atoms with E-state index >= 15 is 0 Å². The molecule has 3 aromatic carbocycles. The van der Waals surface area contributed by atoms with Gasteiger partial charge in [-0.15, -0.1) is 0 Å². The van der Waals surface area contributed by atoms with Crippen molar-refractivity contribution in [2.75, 3.05) is 10.6 Å². The summed E-state index contributed by atoms with van der Waals surface area (Å²) in [6.07, 6.45) is -0.150. The second-order valence-electron chi connectivity index (χ2n) is 6.45. The molecule has 1 unspecified atom stereocenters. The number of nitrogens with one attached hydrogen (secondary N) is 2. The highest BCUT2D eigenvalue weighted by atomic mass is 35.5. The van der Waals surface area contributed by atoms with Gasteiger partial charge in [-0.2, -0.15) is 0 Å². The normalized spacial score (nSPS) is 14.7. The summed E-state index contributed by atoms with van der Waals surface area (Å²) >= 11 is 5.99. The van der Waals surface area contributed by atoms with Crippen molar-refractivity contribution in [1.29, 1.82) is 0 Å². The van der Waals surface area contributed by atoms with Gasteiger partial charge in [0.15, 0.2) is 6.10 Å². The van der Waals surface area contributed by atoms with Crippen LogP contribution in [0.4, 0.5) is 11.4 Å². The van der Waals surface area contributed by atoms with E-state index in [0.29, 0.717) is 34.1 Å². The van der Waals surface area contributed by atoms with Crippen molar-refractivity contribution in [3.8, 4) is 5.75 Å². The number of rotatable bonds is 4. The van der Waals surface area contributed by atoms with Crippen LogP contribution in [0.3, 0.4) is 0 Å². The van der Waals surface area contributed by atoms with Crippen LogP contribution in [-0.4, -0.2) is 17.9 Å². The van der Waals surface area contributed by atoms with Gasteiger partial charge in [-0.3, -0.25) is 9.59 Å². The third-order valence-electron chi connectivity index (χ3n) is 4.41. The predicted molar refractivity (Wildman–Crippen MR) is 109 cm³/mol. The van der Waals surface area contributed by atoms with Gasteiger partial charge in [0.2, 0.25) is 0 Å². The van der Waals surface area contributed by atoms with Gasteiger partial charge >= 0.3 is 0 Å². The summed E-state index contributed by atoms with van der Waals surface area (Å²) < 4.78 is 5.71. The van der Waals surface area contributed by atoms with Crippen LogP contribution in [0, 0.1) is 0 Å². The maximum Gasteiger partial charge on any atom is 0.265 e. The summed E-state index contributed by atoms with van der Waals surface area (Å²) in [5.41, 5.74) is 2.65. The van der Waals surface area contributed by atoms with Gasteiger partial charge < -0.3 is 15.4 Å². The highest BCUT2D eigenvalue weighted by Gasteiger charge is 2.29. The van der Waals surface area contributed by atoms with E-state index < -0.39 is 6.10 Å². The van der Waals surface area contributed by atoms with Crippen LogP contribution in [0.2, 0.25) is 5.02 Å². The van der Waals surface area contributed by atoms with Gasteiger partial charge in [0.05, 0.1) is 0 Å². The molecule has 1 aliphatic heterocycles. The zero-order valence-electron chi connectivity index (χ0n) is 14.8. The van der Waals surface area contributed by atoms with E-state index in [1.54, 1.807) is 60.7 Å². The highest BCUT2D eigenvalue weighted by Crippen LogP contribution is 2.31. The molecule has 28 heavy (non-hydrogen) atoms. The molecule has 6 heteroatoms. The Kier molecular flexibility index (Phi) is 5.00. The van der Waals surface area contributed by atoms with Crippen LogP contribution in [0.25, 0.3) is 0 Å². The molecule has 0 radical (unpaired) electrons. The first-order valence-electron chi connectivity index (χ1n) is 8.81. The molecule has 0 fully saturated rings. The lowest BCUT2D eigenvalue weighted by atomic mass is 10.1. The molecule has 0 aromatic heterocycles. The smallest absolute Gasteiger partial charge is 0.265 e. The Hall–Kier alpha value is -3.31. The molecule has 0 bridgehead atoms. The van der Waals surface area contributed by atoms with Gasteiger partial charge in [-0.25, -0.2) is 0 Å². The third-order valence-corrected chi connectivity index (χ3v) is 4.65. The Morgan fingerprint density at radius 2 is 1.64 bits per heavy atom. The number of carbonyl (C=O) groups is 2. The number of carbonyl (C=O) groups excluding carboxylic acids is 2. The molecule has 0 saturated heterocycles. The molecule has 5 nitrogen and oxygen atoms in total. The van der Waals surface area contributed by atoms with Crippen molar-refractivity contribution in [2.24, 2.45) is 0 Å². The number of halogens is 1. The van der Waals surface area contributed by atoms with Gasteiger partial charge in [0.1, 0.15) is 5.75 Å². The largest absolute Gasteiger partial charge is 0.480 e. The van der Waals surface area contributed by atoms with Crippen LogP contribution in [0.15, 0.2) is 72.8 Å². The molecule has 4 rings (SSSR count). The van der Waals surface area contributed by atoms with E-state index in [9.17, 15) is 9.59 Å². The van der Waals surface area contributed by atoms with Crippen LogP contribution in [0.5, 0.6) is 5.75 Å². The second-order valence-corrected chi connectivity index (χ2v) is 6.89. The quantitative estimate of drug-likeness (QED) is 0.685. The number of anilines is 2. The topological polar surface area (TPSA) is 67.4 Å². The lowest BCUT2D eigenvalue weighted by Crippen LogP contribution is -2.31. The average Bonchev–Trinajstić information content (AvgIpc) is 3.12. The maximum absolute atomic E-state index is 12.6. The lowest BCUT2D eigenvalue weighted by molar-refractivity contribution is -0.122. The van der Waals surface area contributed by atoms with Gasteiger partial charge in [-0.1, -0.05) is 35.9 Å². The van der Waals surface area contributed by atoms with Crippen molar-refractivity contribution in [2.45, 2.75) is 12.5 Å². The summed E-state index contributed by atoms with van der Waals surface area (Å²) in [7, 11) is 0. The van der Waals surface area contributed by atoms with Crippen molar-refractivity contribution in [1.82, 2.24) is 0 Å². The molecule has 1 atom stereocenters. The molecule has 0 aliphatic carbocycles. The van der Waals surface area contributed by atoms with Gasteiger partial charge in [0, 0.05) is 28.4 Å². The minimum absolute atomic E-state index is 0.212. The van der Waals surface area contributed by atoms with Gasteiger partial charge in [-0.05, 0) is 54.1 Å². The molecule has 2 amide bonds. The van der Waals surface area contributed by atoms with Crippen LogP contribution in [-0.2, 0) is 11.2 Å². The lowest BCUT2D eigenvalue weighted by Gasteiger charge is -2.12. The summed E-state index contributed by atoms with van der Waals surface area (Å²) in [6.45, 7) is 0. The number of hydrogen-bond donors (Lipinski definition) is 2. The Bertz CT molecular complexity index is 1040. The van der Waals surface area contributed by atoms with E-state index in [4.69, 9.17) is 16.3 Å². The maximum atomic E-state index is 12.6. The molecule has 140 valence electrons. The fourth-order valence-electron chi connectivity index (χ4n) is 3.05. The first kappa shape index (κ1) is 18.1. The Balaban J connectivity index is 1.41. The minimum Gasteiger partial charge on any atom is -0.480 e. The summed E-state index contributed by atoms with van der Waals surface area (Å²) in [6, 6.07) is 21.2. The molecule has 2 N–H and O–H groups in total. The van der Waals surface area contributed by atoms with E-state index in [2.05, 4.69) is 10.6 Å². The Morgan fingerprint density at radius 3 is 2.43 bits per heavy atom. The Labute approximate surface area is 167 Å². The molecule has 0 saturated carbocycles. The standard InChI is InChI=1S/C22H17ClN2O3/c23-16-9-10-19-15(11-16)12-20(28-19)22(27)25-18-8-4-7-17(13-18)24-21(26)14-5-2-1-3-6-14/h1-11,13,20H,12H2,(H,24,26)(H,25,27). The fraction of sp³-hybridized carbons (Fsp3) is 0.0909. The second kappa shape index (κ2) is 7.74. The van der Waals surface area contributed by atoms with E-state index in [1.165, 1.54) is 0 Å². The van der Waals surface area contributed by atoms with Crippen molar-refractivity contribution in [3.63, 3.8) is 0 Å². The molecule has 0 spiro atoms. The monoisotopic (exact) mass is 392 g/mol. The van der Waals surface area contributed by atoms with Crippen molar-refractivity contribution in [3.05, 3.63) is 88.9 Å². The van der Waals surface area contributed by atoms with Crippen LogP contribution < -0.4 is 15.4 Å². The first-order valence-corrected chi connectivity index (χ1v) is 9.19. The zero-order valence-corrected chi connectivity index (χ0v) is 15.6. The predicted octanol–water partition coefficient (Wildman–Crippen LogP) is 4.53. The number of hydrogen-bond acceptors (Lipinski definition) is 3. The van der Waals surface area contributed by atoms with E-state index in [-0.39, 0.29) is 11.8 Å². The first-order chi connectivity index (χ1) is 13.6. The van der Waals surface area contributed by atoms with Crippen LogP contribution in [0.1, 0.15) is 15.9 Å². The number of ether oxygens (including phenoxy) is 1. The fourth-order valence-corrected chi connectivity index (χ4v) is 3.25. The molecule has 3 aromatic rings. The molecule has 1 heterocycles. The Morgan fingerprint density at radius 1 is 0.893 bits per heavy atom. The van der Waals surface area contributed by atoms with E-state index in [1.807, 2.05) is 12.1 Å². The van der Waals surface area contributed by atoms with Crippen LogP contribution >= 0.6 is 11.6 Å². The molecule has 1 aliphatic rings.